The number of primary amides is 1. The molecule has 3 heterocycles. The fourth-order valence-electron chi connectivity index (χ4n) is 2.30. The third kappa shape index (κ3) is 1.77. The molecular formula is C15H10N4O2. The number of nitrogens with two attached hydrogens (primary N) is 1. The van der Waals surface area contributed by atoms with Gasteiger partial charge >= 0.3 is 0 Å². The normalized spacial score (nSPS) is 11.2. The van der Waals surface area contributed by atoms with Gasteiger partial charge in [0.25, 0.3) is 5.91 Å². The highest BCUT2D eigenvalue weighted by Gasteiger charge is 2.13. The Hall–Kier alpha value is -3.15. The van der Waals surface area contributed by atoms with Crippen LogP contribution in [0.4, 0.5) is 0 Å². The van der Waals surface area contributed by atoms with E-state index in [1.165, 1.54) is 10.7 Å². The number of fused-ring (bicyclic) bond motifs is 2. The van der Waals surface area contributed by atoms with Crippen LogP contribution in [-0.2, 0) is 0 Å². The van der Waals surface area contributed by atoms with Crippen molar-refractivity contribution in [3.05, 3.63) is 54.5 Å². The fourth-order valence-corrected chi connectivity index (χ4v) is 2.30. The predicted molar refractivity (Wildman–Crippen MR) is 76.7 cm³/mol. The first kappa shape index (κ1) is 11.7. The summed E-state index contributed by atoms with van der Waals surface area (Å²) in [6, 6.07) is 9.70. The molecule has 0 unspecified atom stereocenters. The summed E-state index contributed by atoms with van der Waals surface area (Å²) in [6.07, 6.45) is 4.81. The minimum absolute atomic E-state index is 0.297. The molecule has 3 aromatic heterocycles. The van der Waals surface area contributed by atoms with Crippen molar-refractivity contribution in [1.29, 1.82) is 0 Å². The summed E-state index contributed by atoms with van der Waals surface area (Å²) in [5, 5.41) is 5.11. The van der Waals surface area contributed by atoms with Crippen LogP contribution in [0.15, 0.2) is 53.3 Å². The molecule has 102 valence electrons. The number of carbonyl (C=O) groups is 1. The van der Waals surface area contributed by atoms with E-state index < -0.39 is 5.91 Å². The van der Waals surface area contributed by atoms with Gasteiger partial charge in [0, 0.05) is 17.8 Å². The molecule has 4 rings (SSSR count). The van der Waals surface area contributed by atoms with Gasteiger partial charge in [0.05, 0.1) is 11.8 Å². The molecule has 6 heteroatoms. The lowest BCUT2D eigenvalue weighted by atomic mass is 10.2. The Balaban J connectivity index is 1.88. The Labute approximate surface area is 118 Å². The highest BCUT2D eigenvalue weighted by Crippen LogP contribution is 2.27. The van der Waals surface area contributed by atoms with Crippen LogP contribution in [0.1, 0.15) is 10.4 Å². The molecule has 0 aliphatic rings. The first-order chi connectivity index (χ1) is 10.2. The maximum absolute atomic E-state index is 11.3. The molecule has 1 aromatic carbocycles. The topological polar surface area (TPSA) is 86.4 Å². The molecule has 21 heavy (non-hydrogen) atoms. The van der Waals surface area contributed by atoms with Crippen molar-refractivity contribution in [2.45, 2.75) is 0 Å². The van der Waals surface area contributed by atoms with E-state index in [1.54, 1.807) is 12.4 Å². The van der Waals surface area contributed by atoms with E-state index in [0.29, 0.717) is 17.0 Å². The number of hydrogen-bond acceptors (Lipinski definition) is 4. The number of rotatable bonds is 2. The number of carbonyl (C=O) groups excluding carboxylic acids is 1. The Morgan fingerprint density at radius 1 is 1.24 bits per heavy atom. The Morgan fingerprint density at radius 3 is 2.90 bits per heavy atom. The van der Waals surface area contributed by atoms with Gasteiger partial charge in [0.2, 0.25) is 0 Å². The van der Waals surface area contributed by atoms with Gasteiger partial charge in [-0.25, -0.2) is 9.50 Å². The lowest BCUT2D eigenvalue weighted by molar-refractivity contribution is 0.100. The standard InChI is InChI=1S/C15H10N4O2/c16-14(20)11-7-18-19-8-10(6-17-15(11)19)13-5-9-3-1-2-4-12(9)21-13/h1-8H,(H2,16,20). The van der Waals surface area contributed by atoms with Gasteiger partial charge in [-0.3, -0.25) is 4.79 Å². The lowest BCUT2D eigenvalue weighted by Crippen LogP contribution is -2.10. The number of para-hydroxylation sites is 1. The molecule has 0 spiro atoms. The van der Waals surface area contributed by atoms with Gasteiger partial charge in [0.15, 0.2) is 5.65 Å². The van der Waals surface area contributed by atoms with E-state index >= 15 is 0 Å². The smallest absolute Gasteiger partial charge is 0.254 e. The van der Waals surface area contributed by atoms with Crippen LogP contribution >= 0.6 is 0 Å². The van der Waals surface area contributed by atoms with Crippen LogP contribution in [0.5, 0.6) is 0 Å². The molecule has 0 aliphatic heterocycles. The first-order valence-corrected chi connectivity index (χ1v) is 6.34. The number of benzene rings is 1. The van der Waals surface area contributed by atoms with E-state index in [2.05, 4.69) is 10.1 Å². The fraction of sp³-hybridized carbons (Fsp3) is 0. The first-order valence-electron chi connectivity index (χ1n) is 6.34. The second-order valence-electron chi connectivity index (χ2n) is 4.68. The average molecular weight is 278 g/mol. The number of amides is 1. The van der Waals surface area contributed by atoms with Crippen molar-refractivity contribution in [3.8, 4) is 11.3 Å². The monoisotopic (exact) mass is 278 g/mol. The molecular weight excluding hydrogens is 268 g/mol. The van der Waals surface area contributed by atoms with Crippen molar-refractivity contribution < 1.29 is 9.21 Å². The van der Waals surface area contributed by atoms with Crippen molar-refractivity contribution in [3.63, 3.8) is 0 Å². The second kappa shape index (κ2) is 4.17. The summed E-state index contributed by atoms with van der Waals surface area (Å²) >= 11 is 0. The zero-order valence-electron chi connectivity index (χ0n) is 10.9. The molecule has 2 N–H and O–H groups in total. The zero-order chi connectivity index (χ0) is 14.4. The molecule has 0 saturated carbocycles. The molecule has 0 radical (unpaired) electrons. The minimum Gasteiger partial charge on any atom is -0.456 e. The zero-order valence-corrected chi connectivity index (χ0v) is 10.9. The number of furan rings is 1. The summed E-state index contributed by atoms with van der Waals surface area (Å²) in [5.41, 5.74) is 7.59. The summed E-state index contributed by atoms with van der Waals surface area (Å²) in [7, 11) is 0. The molecule has 1 amide bonds. The third-order valence-corrected chi connectivity index (χ3v) is 3.33. The Morgan fingerprint density at radius 2 is 2.10 bits per heavy atom. The molecule has 0 aliphatic carbocycles. The quantitative estimate of drug-likeness (QED) is 0.609. The molecule has 6 nitrogen and oxygen atoms in total. The number of aromatic nitrogens is 3. The highest BCUT2D eigenvalue weighted by atomic mass is 16.3. The maximum Gasteiger partial charge on any atom is 0.254 e. The van der Waals surface area contributed by atoms with E-state index in [4.69, 9.17) is 10.2 Å². The summed E-state index contributed by atoms with van der Waals surface area (Å²) < 4.78 is 7.30. The summed E-state index contributed by atoms with van der Waals surface area (Å²) in [5.74, 6) is 0.149. The van der Waals surface area contributed by atoms with Gasteiger partial charge < -0.3 is 10.2 Å². The van der Waals surface area contributed by atoms with Crippen LogP contribution in [0, 0.1) is 0 Å². The molecule has 4 aromatic rings. The molecule has 0 atom stereocenters. The van der Waals surface area contributed by atoms with E-state index in [9.17, 15) is 4.79 Å². The molecule has 0 bridgehead atoms. The van der Waals surface area contributed by atoms with Gasteiger partial charge in [-0.1, -0.05) is 18.2 Å². The second-order valence-corrected chi connectivity index (χ2v) is 4.68. The highest BCUT2D eigenvalue weighted by molar-refractivity contribution is 5.98. The van der Waals surface area contributed by atoms with Crippen LogP contribution in [0.3, 0.4) is 0 Å². The van der Waals surface area contributed by atoms with Gasteiger partial charge in [-0.15, -0.1) is 0 Å². The van der Waals surface area contributed by atoms with Gasteiger partial charge in [-0.05, 0) is 12.1 Å². The third-order valence-electron chi connectivity index (χ3n) is 3.33. The number of hydrogen-bond donors (Lipinski definition) is 1. The van der Waals surface area contributed by atoms with E-state index in [1.807, 2.05) is 30.3 Å². The largest absolute Gasteiger partial charge is 0.456 e. The maximum atomic E-state index is 11.3. The van der Waals surface area contributed by atoms with Crippen LogP contribution in [-0.4, -0.2) is 20.5 Å². The Kier molecular flexibility index (Phi) is 2.32. The van der Waals surface area contributed by atoms with Crippen LogP contribution in [0.25, 0.3) is 27.9 Å². The molecule has 0 saturated heterocycles. The average Bonchev–Trinajstić information content (AvgIpc) is 3.10. The van der Waals surface area contributed by atoms with Crippen molar-refractivity contribution in [2.75, 3.05) is 0 Å². The lowest BCUT2D eigenvalue weighted by Gasteiger charge is -1.98. The summed E-state index contributed by atoms with van der Waals surface area (Å²) in [6.45, 7) is 0. The van der Waals surface area contributed by atoms with Crippen molar-refractivity contribution in [1.82, 2.24) is 14.6 Å². The summed E-state index contributed by atoms with van der Waals surface area (Å²) in [4.78, 5) is 15.5. The molecule has 0 fully saturated rings. The number of nitrogens with zero attached hydrogens (tertiary/aromatic N) is 3. The minimum atomic E-state index is -0.547. The SMILES string of the molecule is NC(=O)c1cnn2cc(-c3cc4ccccc4o3)cnc12. The Bertz CT molecular complexity index is 951. The predicted octanol–water partition coefficient (Wildman–Crippen LogP) is 2.24. The van der Waals surface area contributed by atoms with Crippen LogP contribution in [0.2, 0.25) is 0 Å². The van der Waals surface area contributed by atoms with Crippen LogP contribution < -0.4 is 5.73 Å². The van der Waals surface area contributed by atoms with E-state index in [0.717, 1.165) is 16.5 Å². The van der Waals surface area contributed by atoms with Crippen molar-refractivity contribution >= 4 is 22.5 Å². The van der Waals surface area contributed by atoms with Gasteiger partial charge in [-0.2, -0.15) is 5.10 Å². The van der Waals surface area contributed by atoms with Crippen molar-refractivity contribution in [2.24, 2.45) is 5.73 Å². The van der Waals surface area contributed by atoms with Gasteiger partial charge in [0.1, 0.15) is 16.9 Å². The van der Waals surface area contributed by atoms with E-state index in [-0.39, 0.29) is 0 Å².